The molecule has 0 bridgehead atoms. The lowest BCUT2D eigenvalue weighted by Gasteiger charge is -2.13. The van der Waals surface area contributed by atoms with Gasteiger partial charge in [0.2, 0.25) is 5.91 Å². The smallest absolute Gasteiger partial charge is 0.221 e. The lowest BCUT2D eigenvalue weighted by Crippen LogP contribution is -2.13. The predicted molar refractivity (Wildman–Crippen MR) is 95.5 cm³/mol. The predicted octanol–water partition coefficient (Wildman–Crippen LogP) is 5.02. The molecule has 0 fully saturated rings. The van der Waals surface area contributed by atoms with E-state index in [0.29, 0.717) is 21.3 Å². The zero-order valence-corrected chi connectivity index (χ0v) is 15.6. The SMILES string of the molecule is CC(=O)Nc1c(Br)cc(Br)cc1C(=O)c1ccc(C)cc1C. The molecule has 0 unspecified atom stereocenters. The molecule has 0 aliphatic rings. The first-order valence-corrected chi connectivity index (χ1v) is 8.26. The van der Waals surface area contributed by atoms with Gasteiger partial charge in [0.25, 0.3) is 0 Å². The number of nitrogens with one attached hydrogen (secondary N) is 1. The Labute approximate surface area is 146 Å². The first-order valence-electron chi connectivity index (χ1n) is 6.68. The molecule has 5 heteroatoms. The number of rotatable bonds is 3. The van der Waals surface area contributed by atoms with Crippen LogP contribution in [0.1, 0.15) is 34.0 Å². The van der Waals surface area contributed by atoms with Gasteiger partial charge in [-0.25, -0.2) is 0 Å². The van der Waals surface area contributed by atoms with Gasteiger partial charge in [-0.2, -0.15) is 0 Å². The largest absolute Gasteiger partial charge is 0.325 e. The van der Waals surface area contributed by atoms with Crippen molar-refractivity contribution in [3.63, 3.8) is 0 Å². The van der Waals surface area contributed by atoms with Crippen LogP contribution in [0.3, 0.4) is 0 Å². The second kappa shape index (κ2) is 6.75. The fraction of sp³-hybridized carbons (Fsp3) is 0.176. The zero-order chi connectivity index (χ0) is 16.4. The molecule has 0 aliphatic heterocycles. The molecular weight excluding hydrogens is 410 g/mol. The Bertz CT molecular complexity index is 769. The van der Waals surface area contributed by atoms with E-state index in [4.69, 9.17) is 0 Å². The molecule has 2 aromatic rings. The maximum atomic E-state index is 12.9. The monoisotopic (exact) mass is 423 g/mol. The van der Waals surface area contributed by atoms with Crippen molar-refractivity contribution < 1.29 is 9.59 Å². The van der Waals surface area contributed by atoms with Crippen molar-refractivity contribution in [3.05, 3.63) is 61.5 Å². The second-order valence-electron chi connectivity index (χ2n) is 5.14. The minimum Gasteiger partial charge on any atom is -0.325 e. The molecule has 0 aromatic heterocycles. The zero-order valence-electron chi connectivity index (χ0n) is 12.5. The molecule has 1 N–H and O–H groups in total. The number of ketones is 1. The van der Waals surface area contributed by atoms with E-state index in [1.165, 1.54) is 6.92 Å². The minimum atomic E-state index is -0.224. The summed E-state index contributed by atoms with van der Waals surface area (Å²) in [6.07, 6.45) is 0. The van der Waals surface area contributed by atoms with Crippen LogP contribution in [0.5, 0.6) is 0 Å². The van der Waals surface area contributed by atoms with Crippen LogP contribution >= 0.6 is 31.9 Å². The third-order valence-corrected chi connectivity index (χ3v) is 4.31. The summed E-state index contributed by atoms with van der Waals surface area (Å²) in [7, 11) is 0. The van der Waals surface area contributed by atoms with E-state index in [1.54, 1.807) is 12.1 Å². The van der Waals surface area contributed by atoms with Gasteiger partial charge in [-0.15, -0.1) is 0 Å². The lowest BCUT2D eigenvalue weighted by molar-refractivity contribution is -0.114. The Hall–Kier alpha value is -1.46. The number of amides is 1. The first kappa shape index (κ1) is 16.9. The van der Waals surface area contributed by atoms with Crippen LogP contribution in [-0.2, 0) is 4.79 Å². The molecule has 114 valence electrons. The quantitative estimate of drug-likeness (QED) is 0.703. The number of hydrogen-bond acceptors (Lipinski definition) is 2. The number of carbonyl (C=O) groups is 2. The molecule has 2 aromatic carbocycles. The van der Waals surface area contributed by atoms with Crippen LogP contribution in [0.4, 0.5) is 5.69 Å². The topological polar surface area (TPSA) is 46.2 Å². The van der Waals surface area contributed by atoms with Gasteiger partial charge >= 0.3 is 0 Å². The third kappa shape index (κ3) is 3.65. The summed E-state index contributed by atoms with van der Waals surface area (Å²) >= 11 is 6.79. The summed E-state index contributed by atoms with van der Waals surface area (Å²) in [5, 5.41) is 2.72. The molecule has 0 saturated carbocycles. The van der Waals surface area contributed by atoms with E-state index < -0.39 is 0 Å². The van der Waals surface area contributed by atoms with Crippen molar-refractivity contribution in [2.24, 2.45) is 0 Å². The Morgan fingerprint density at radius 2 is 1.68 bits per heavy atom. The van der Waals surface area contributed by atoms with Crippen molar-refractivity contribution in [1.29, 1.82) is 0 Å². The molecule has 1 amide bonds. The molecular formula is C17H15Br2NO2. The highest BCUT2D eigenvalue weighted by Crippen LogP contribution is 2.32. The average Bonchev–Trinajstić information content (AvgIpc) is 2.40. The second-order valence-corrected chi connectivity index (χ2v) is 6.91. The molecule has 0 heterocycles. The van der Waals surface area contributed by atoms with E-state index in [0.717, 1.165) is 15.6 Å². The Balaban J connectivity index is 2.59. The summed E-state index contributed by atoms with van der Waals surface area (Å²) in [5.74, 6) is -0.346. The summed E-state index contributed by atoms with van der Waals surface area (Å²) < 4.78 is 1.42. The van der Waals surface area contributed by atoms with Gasteiger partial charge in [-0.1, -0.05) is 39.7 Å². The molecule has 0 spiro atoms. The Kier molecular flexibility index (Phi) is 5.19. The van der Waals surface area contributed by atoms with Crippen molar-refractivity contribution in [1.82, 2.24) is 0 Å². The number of halogens is 2. The molecule has 3 nitrogen and oxygen atoms in total. The molecule has 0 atom stereocenters. The van der Waals surface area contributed by atoms with E-state index in [1.807, 2.05) is 32.0 Å². The van der Waals surface area contributed by atoms with Crippen molar-refractivity contribution >= 4 is 49.2 Å². The van der Waals surface area contributed by atoms with Crippen LogP contribution in [0.25, 0.3) is 0 Å². The van der Waals surface area contributed by atoms with Crippen LogP contribution in [0.2, 0.25) is 0 Å². The van der Waals surface area contributed by atoms with Gasteiger partial charge in [0.15, 0.2) is 5.78 Å². The molecule has 0 saturated heterocycles. The van der Waals surface area contributed by atoms with Crippen LogP contribution in [0, 0.1) is 13.8 Å². The maximum Gasteiger partial charge on any atom is 0.221 e. The highest BCUT2D eigenvalue weighted by atomic mass is 79.9. The third-order valence-electron chi connectivity index (χ3n) is 3.23. The van der Waals surface area contributed by atoms with E-state index in [-0.39, 0.29) is 11.7 Å². The van der Waals surface area contributed by atoms with Gasteiger partial charge in [0, 0.05) is 27.0 Å². The number of carbonyl (C=O) groups excluding carboxylic acids is 2. The number of anilines is 1. The van der Waals surface area contributed by atoms with Gasteiger partial charge in [-0.05, 0) is 47.5 Å². The lowest BCUT2D eigenvalue weighted by atomic mass is 9.96. The van der Waals surface area contributed by atoms with Crippen LogP contribution < -0.4 is 5.32 Å². The number of aryl methyl sites for hydroxylation is 2. The normalized spacial score (nSPS) is 10.4. The van der Waals surface area contributed by atoms with Crippen molar-refractivity contribution in [2.45, 2.75) is 20.8 Å². The van der Waals surface area contributed by atoms with Crippen LogP contribution in [-0.4, -0.2) is 11.7 Å². The average molecular weight is 425 g/mol. The first-order chi connectivity index (χ1) is 10.3. The van der Waals surface area contributed by atoms with Crippen molar-refractivity contribution in [3.8, 4) is 0 Å². The highest BCUT2D eigenvalue weighted by Gasteiger charge is 2.19. The summed E-state index contributed by atoms with van der Waals surface area (Å²) in [6, 6.07) is 9.21. The van der Waals surface area contributed by atoms with Gasteiger partial charge in [-0.3, -0.25) is 9.59 Å². The van der Waals surface area contributed by atoms with E-state index in [9.17, 15) is 9.59 Å². The highest BCUT2D eigenvalue weighted by molar-refractivity contribution is 9.11. The van der Waals surface area contributed by atoms with E-state index >= 15 is 0 Å². The summed E-state index contributed by atoms with van der Waals surface area (Å²) in [6.45, 7) is 5.31. The minimum absolute atomic E-state index is 0.122. The Morgan fingerprint density at radius 3 is 2.27 bits per heavy atom. The van der Waals surface area contributed by atoms with Crippen LogP contribution in [0.15, 0.2) is 39.3 Å². The maximum absolute atomic E-state index is 12.9. The number of benzene rings is 2. The Morgan fingerprint density at radius 1 is 1.00 bits per heavy atom. The molecule has 0 aliphatic carbocycles. The fourth-order valence-electron chi connectivity index (χ4n) is 2.27. The fourth-order valence-corrected chi connectivity index (χ4v) is 3.59. The van der Waals surface area contributed by atoms with E-state index in [2.05, 4.69) is 37.2 Å². The molecule has 0 radical (unpaired) electrons. The van der Waals surface area contributed by atoms with Gasteiger partial charge in [0.05, 0.1) is 5.69 Å². The van der Waals surface area contributed by atoms with Gasteiger partial charge < -0.3 is 5.32 Å². The summed E-state index contributed by atoms with van der Waals surface area (Å²) in [4.78, 5) is 24.3. The number of hydrogen-bond donors (Lipinski definition) is 1. The molecule has 22 heavy (non-hydrogen) atoms. The van der Waals surface area contributed by atoms with Gasteiger partial charge in [0.1, 0.15) is 0 Å². The summed E-state index contributed by atoms with van der Waals surface area (Å²) in [5.41, 5.74) is 3.58. The standard InChI is InChI=1S/C17H15Br2NO2/c1-9-4-5-13(10(2)6-9)17(22)14-7-12(18)8-15(19)16(14)20-11(3)21/h4-8H,1-3H3,(H,20,21). The van der Waals surface area contributed by atoms with Crippen molar-refractivity contribution in [2.75, 3.05) is 5.32 Å². The molecule has 2 rings (SSSR count).